The molecular weight excluding hydrogens is 296 g/mol. The van der Waals surface area contributed by atoms with E-state index in [1.54, 1.807) is 13.8 Å². The maximum atomic E-state index is 11.4. The Labute approximate surface area is 126 Å². The number of carbonyl (C=O) groups is 1. The predicted molar refractivity (Wildman–Crippen MR) is 81.5 cm³/mol. The molecule has 0 bridgehead atoms. The van der Waals surface area contributed by atoms with Crippen LogP contribution in [0.25, 0.3) is 0 Å². The van der Waals surface area contributed by atoms with Crippen molar-refractivity contribution in [1.29, 1.82) is 0 Å². The lowest BCUT2D eigenvalue weighted by Gasteiger charge is -2.40. The van der Waals surface area contributed by atoms with E-state index in [1.807, 2.05) is 13.8 Å². The standard InChI is InChI=1S/C13H26O5SSi/c1-5-13(19-12(4)15)20(16-8-6-10(2)14)17-9-7-11(3)18-20/h10-11,13-14H,5-9H2,1-4H3. The van der Waals surface area contributed by atoms with Gasteiger partial charge in [0.1, 0.15) is 0 Å². The number of carbonyl (C=O) groups excluding carboxylic acids is 1. The van der Waals surface area contributed by atoms with Gasteiger partial charge in [0.15, 0.2) is 5.12 Å². The zero-order chi connectivity index (χ0) is 15.2. The average Bonchev–Trinajstić information content (AvgIpc) is 2.35. The van der Waals surface area contributed by atoms with Crippen molar-refractivity contribution in [3.8, 4) is 0 Å². The fourth-order valence-corrected chi connectivity index (χ4v) is 7.00. The number of aliphatic hydroxyl groups excluding tert-OH is 1. The molecular formula is C13H26O5SSi. The van der Waals surface area contributed by atoms with E-state index in [2.05, 4.69) is 0 Å². The molecule has 0 radical (unpaired) electrons. The van der Waals surface area contributed by atoms with Crippen LogP contribution >= 0.6 is 11.8 Å². The molecule has 1 N–H and O–H groups in total. The first-order chi connectivity index (χ1) is 9.39. The zero-order valence-corrected chi connectivity index (χ0v) is 14.6. The molecule has 118 valence electrons. The minimum Gasteiger partial charge on any atom is -0.393 e. The van der Waals surface area contributed by atoms with E-state index in [1.165, 1.54) is 11.8 Å². The Bertz CT molecular complexity index is 315. The summed E-state index contributed by atoms with van der Waals surface area (Å²) >= 11 is 1.25. The molecule has 0 amide bonds. The summed E-state index contributed by atoms with van der Waals surface area (Å²) in [7, 11) is -2.87. The highest BCUT2D eigenvalue weighted by atomic mass is 32.2. The molecule has 1 rings (SSSR count). The first-order valence-electron chi connectivity index (χ1n) is 7.20. The molecule has 0 aromatic heterocycles. The van der Waals surface area contributed by atoms with Crippen LogP contribution in [0.1, 0.15) is 47.0 Å². The van der Waals surface area contributed by atoms with Crippen LogP contribution in [0.4, 0.5) is 0 Å². The lowest BCUT2D eigenvalue weighted by atomic mass is 10.3. The topological polar surface area (TPSA) is 65.0 Å². The monoisotopic (exact) mass is 322 g/mol. The van der Waals surface area contributed by atoms with Crippen molar-refractivity contribution in [2.75, 3.05) is 13.2 Å². The van der Waals surface area contributed by atoms with Crippen molar-refractivity contribution in [1.82, 2.24) is 0 Å². The highest BCUT2D eigenvalue weighted by molar-refractivity contribution is 8.15. The van der Waals surface area contributed by atoms with Gasteiger partial charge in [-0.1, -0.05) is 18.7 Å². The molecule has 0 spiro atoms. The Morgan fingerprint density at radius 1 is 1.60 bits per heavy atom. The molecule has 1 saturated heterocycles. The van der Waals surface area contributed by atoms with E-state index in [9.17, 15) is 9.90 Å². The van der Waals surface area contributed by atoms with Crippen LogP contribution in [-0.2, 0) is 18.1 Å². The van der Waals surface area contributed by atoms with Gasteiger partial charge in [-0.15, -0.1) is 0 Å². The molecule has 0 aromatic rings. The first-order valence-corrected chi connectivity index (χ1v) is 9.88. The molecule has 4 unspecified atom stereocenters. The van der Waals surface area contributed by atoms with E-state index in [0.29, 0.717) is 19.6 Å². The van der Waals surface area contributed by atoms with Gasteiger partial charge in [-0.25, -0.2) is 0 Å². The summed E-state index contributed by atoms with van der Waals surface area (Å²) in [6.07, 6.45) is 1.82. The number of hydrogen-bond acceptors (Lipinski definition) is 6. The van der Waals surface area contributed by atoms with Gasteiger partial charge in [0.05, 0.1) is 11.0 Å². The van der Waals surface area contributed by atoms with Crippen LogP contribution in [0.5, 0.6) is 0 Å². The van der Waals surface area contributed by atoms with Crippen molar-refractivity contribution < 1.29 is 23.2 Å². The van der Waals surface area contributed by atoms with Crippen molar-refractivity contribution >= 4 is 25.7 Å². The summed E-state index contributed by atoms with van der Waals surface area (Å²) in [6, 6.07) is 0. The maximum Gasteiger partial charge on any atom is 0.515 e. The Balaban J connectivity index is 2.78. The fraction of sp³-hybridized carbons (Fsp3) is 0.923. The molecule has 1 aliphatic heterocycles. The lowest BCUT2D eigenvalue weighted by molar-refractivity contribution is -0.109. The van der Waals surface area contributed by atoms with Crippen molar-refractivity contribution in [2.24, 2.45) is 0 Å². The summed E-state index contributed by atoms with van der Waals surface area (Å²) in [6.45, 7) is 8.30. The van der Waals surface area contributed by atoms with Crippen LogP contribution < -0.4 is 0 Å². The Hall–Kier alpha value is 0.0769. The fourth-order valence-electron chi connectivity index (χ4n) is 2.06. The Morgan fingerprint density at radius 2 is 2.30 bits per heavy atom. The van der Waals surface area contributed by atoms with Crippen LogP contribution in [0, 0.1) is 0 Å². The van der Waals surface area contributed by atoms with Crippen molar-refractivity contribution in [2.45, 2.75) is 64.0 Å². The third-order valence-electron chi connectivity index (χ3n) is 3.11. The molecule has 0 saturated carbocycles. The second-order valence-electron chi connectivity index (χ2n) is 5.16. The quantitative estimate of drug-likeness (QED) is 0.725. The summed E-state index contributed by atoms with van der Waals surface area (Å²) in [5.74, 6) is 0. The number of aliphatic hydroxyl groups is 1. The third kappa shape index (κ3) is 5.46. The van der Waals surface area contributed by atoms with E-state index < -0.39 is 14.9 Å². The second kappa shape index (κ2) is 8.50. The molecule has 0 aromatic carbocycles. The zero-order valence-electron chi connectivity index (χ0n) is 12.8. The summed E-state index contributed by atoms with van der Waals surface area (Å²) in [4.78, 5) is 11.4. The van der Waals surface area contributed by atoms with Crippen molar-refractivity contribution in [3.05, 3.63) is 0 Å². The molecule has 5 nitrogen and oxygen atoms in total. The summed E-state index contributed by atoms with van der Waals surface area (Å²) in [5, 5.41) is 9.40. The van der Waals surface area contributed by atoms with E-state index >= 15 is 0 Å². The van der Waals surface area contributed by atoms with Gasteiger partial charge < -0.3 is 18.4 Å². The molecule has 0 aliphatic carbocycles. The average molecular weight is 322 g/mol. The molecule has 1 aliphatic rings. The Morgan fingerprint density at radius 3 is 2.80 bits per heavy atom. The van der Waals surface area contributed by atoms with Crippen molar-refractivity contribution in [3.63, 3.8) is 0 Å². The van der Waals surface area contributed by atoms with Gasteiger partial charge in [-0.05, 0) is 33.1 Å². The van der Waals surface area contributed by atoms with E-state index in [0.717, 1.165) is 12.8 Å². The number of rotatable bonds is 7. The lowest BCUT2D eigenvalue weighted by Crippen LogP contribution is -2.59. The molecule has 20 heavy (non-hydrogen) atoms. The van der Waals surface area contributed by atoms with E-state index in [-0.39, 0.29) is 16.1 Å². The summed E-state index contributed by atoms with van der Waals surface area (Å²) < 4.78 is 17.9. The van der Waals surface area contributed by atoms with Crippen LogP contribution in [0.15, 0.2) is 0 Å². The van der Waals surface area contributed by atoms with Gasteiger partial charge in [-0.2, -0.15) is 0 Å². The number of thioether (sulfide) groups is 1. The maximum absolute atomic E-state index is 11.4. The largest absolute Gasteiger partial charge is 0.515 e. The second-order valence-corrected chi connectivity index (χ2v) is 9.68. The van der Waals surface area contributed by atoms with Gasteiger partial charge in [0.2, 0.25) is 0 Å². The van der Waals surface area contributed by atoms with Crippen LogP contribution in [0.2, 0.25) is 0 Å². The van der Waals surface area contributed by atoms with E-state index in [4.69, 9.17) is 13.3 Å². The summed E-state index contributed by atoms with van der Waals surface area (Å²) in [5.41, 5.74) is 0. The minimum absolute atomic E-state index is 0.0493. The third-order valence-corrected chi connectivity index (χ3v) is 8.42. The normalized spacial score (nSPS) is 29.9. The van der Waals surface area contributed by atoms with Gasteiger partial charge in [-0.3, -0.25) is 4.79 Å². The predicted octanol–water partition coefficient (Wildman–Crippen LogP) is 2.14. The smallest absolute Gasteiger partial charge is 0.393 e. The SMILES string of the molecule is CCC(SC(C)=O)[Si]1(OCCC(C)O)OCCC(C)O1. The van der Waals surface area contributed by atoms with Crippen LogP contribution in [0.3, 0.4) is 0 Å². The molecule has 7 heteroatoms. The first kappa shape index (κ1) is 18.1. The highest BCUT2D eigenvalue weighted by Crippen LogP contribution is 2.33. The number of hydrogen-bond donors (Lipinski definition) is 1. The Kier molecular flexibility index (Phi) is 7.71. The molecule has 1 heterocycles. The van der Waals surface area contributed by atoms with Gasteiger partial charge >= 0.3 is 8.80 Å². The highest BCUT2D eigenvalue weighted by Gasteiger charge is 2.53. The minimum atomic E-state index is -2.87. The van der Waals surface area contributed by atoms with Crippen LogP contribution in [-0.4, -0.2) is 49.3 Å². The molecule has 1 fully saturated rings. The van der Waals surface area contributed by atoms with Gasteiger partial charge in [0, 0.05) is 26.2 Å². The molecule has 4 atom stereocenters. The van der Waals surface area contributed by atoms with Gasteiger partial charge in [0.25, 0.3) is 0 Å².